The van der Waals surface area contributed by atoms with E-state index in [1.807, 2.05) is 0 Å². The summed E-state index contributed by atoms with van der Waals surface area (Å²) >= 11 is 0. The third-order valence-corrected chi connectivity index (χ3v) is 1.51. The van der Waals surface area contributed by atoms with Gasteiger partial charge in [0.1, 0.15) is 0 Å². The van der Waals surface area contributed by atoms with Crippen molar-refractivity contribution in [3.63, 3.8) is 0 Å². The molecule has 0 saturated heterocycles. The maximum Gasteiger partial charge on any atom is 0.407 e. The van der Waals surface area contributed by atoms with Crippen molar-refractivity contribution in [2.45, 2.75) is 12.7 Å². The molecule has 0 heterocycles. The van der Waals surface area contributed by atoms with Crippen molar-refractivity contribution in [1.29, 1.82) is 0 Å². The van der Waals surface area contributed by atoms with E-state index in [9.17, 15) is 9.90 Å². The molecule has 0 saturated carbocycles. The Balaban J connectivity index is 4.24. The zero-order chi connectivity index (χ0) is 9.78. The fourth-order valence-electron chi connectivity index (χ4n) is 0.683. The Morgan fingerprint density at radius 3 is 2.25 bits per heavy atom. The van der Waals surface area contributed by atoms with E-state index in [-0.39, 0.29) is 0 Å². The molecule has 0 aromatic carbocycles. The summed E-state index contributed by atoms with van der Waals surface area (Å²) in [5, 5.41) is 26.5. The van der Waals surface area contributed by atoms with Gasteiger partial charge in [-0.05, 0) is 0 Å². The Hall–Kier alpha value is -0.850. The van der Waals surface area contributed by atoms with Crippen molar-refractivity contribution in [3.8, 4) is 0 Å². The van der Waals surface area contributed by atoms with Crippen LogP contribution in [0.15, 0.2) is 0 Å². The van der Waals surface area contributed by atoms with Crippen LogP contribution in [-0.2, 0) is 4.74 Å². The quantitative estimate of drug-likeness (QED) is 0.388. The van der Waals surface area contributed by atoms with Crippen molar-refractivity contribution >= 4 is 6.09 Å². The highest BCUT2D eigenvalue weighted by Crippen LogP contribution is 2.17. The first-order valence-corrected chi connectivity index (χ1v) is 3.36. The minimum atomic E-state index is -1.94. The number of carbonyl (C=O) groups is 1. The molecular formula is C6H13NO5. The minimum Gasteiger partial charge on any atom is -0.417 e. The summed E-state index contributed by atoms with van der Waals surface area (Å²) in [6, 6.07) is 0. The smallest absolute Gasteiger partial charge is 0.407 e. The molecule has 12 heavy (non-hydrogen) atoms. The summed E-state index contributed by atoms with van der Waals surface area (Å²) < 4.78 is 4.26. The highest BCUT2D eigenvalue weighted by molar-refractivity contribution is 5.65. The number of rotatable bonds is 4. The lowest BCUT2D eigenvalue weighted by Gasteiger charge is -2.28. The lowest BCUT2D eigenvalue weighted by molar-refractivity contribution is -0.198. The lowest BCUT2D eigenvalue weighted by Crippen LogP contribution is -2.44. The number of ether oxygens (including phenoxy) is 1. The molecule has 0 rings (SSSR count). The van der Waals surface area contributed by atoms with Gasteiger partial charge in [-0.1, -0.05) is 0 Å². The van der Waals surface area contributed by atoms with Crippen LogP contribution in [0.3, 0.4) is 0 Å². The molecule has 6 heteroatoms. The van der Waals surface area contributed by atoms with Crippen molar-refractivity contribution in [2.75, 3.05) is 13.2 Å². The number of nitrogens with two attached hydrogens (primary N) is 1. The summed E-state index contributed by atoms with van der Waals surface area (Å²) in [6.45, 7) is 0.127. The molecule has 6 nitrogen and oxygen atoms in total. The van der Waals surface area contributed by atoms with Crippen molar-refractivity contribution in [3.05, 3.63) is 0 Å². The van der Waals surface area contributed by atoms with Gasteiger partial charge in [0.15, 0.2) is 0 Å². The molecule has 1 amide bonds. The predicted molar refractivity (Wildman–Crippen MR) is 39.0 cm³/mol. The molecule has 0 spiro atoms. The fourth-order valence-corrected chi connectivity index (χ4v) is 0.683. The summed E-state index contributed by atoms with van der Waals surface area (Å²) in [7, 11) is 0. The van der Waals surface area contributed by atoms with Crippen LogP contribution in [-0.4, -0.2) is 40.4 Å². The van der Waals surface area contributed by atoms with Gasteiger partial charge < -0.3 is 25.8 Å². The Labute approximate surface area is 69.6 Å². The number of aliphatic hydroxyl groups excluding tert-OH is 2. The second-order valence-corrected chi connectivity index (χ2v) is 2.54. The predicted octanol–water partition coefficient (Wildman–Crippen LogP) is -1.61. The molecule has 0 fully saturated rings. The molecule has 0 aromatic rings. The molecule has 0 radical (unpaired) electrons. The Kier molecular flexibility index (Phi) is 3.94. The number of amides is 1. The van der Waals surface area contributed by atoms with Gasteiger partial charge in [0, 0.05) is 6.92 Å². The highest BCUT2D eigenvalue weighted by atomic mass is 16.7. The average Bonchev–Trinajstić information content (AvgIpc) is 1.85. The topological polar surface area (TPSA) is 113 Å². The first kappa shape index (κ1) is 11.2. The summed E-state index contributed by atoms with van der Waals surface area (Å²) in [5.41, 5.74) is 4.64. The number of primary amides is 1. The molecule has 0 aliphatic heterocycles. The van der Waals surface area contributed by atoms with Crippen LogP contribution in [0, 0.1) is 5.92 Å². The third kappa shape index (κ3) is 3.04. The molecule has 5 N–H and O–H groups in total. The van der Waals surface area contributed by atoms with E-state index in [0.29, 0.717) is 0 Å². The number of carbonyl (C=O) groups excluding carboxylic acids is 1. The molecule has 0 aliphatic rings. The van der Waals surface area contributed by atoms with Gasteiger partial charge in [0.25, 0.3) is 0 Å². The van der Waals surface area contributed by atoms with Gasteiger partial charge >= 0.3 is 6.09 Å². The third-order valence-electron chi connectivity index (χ3n) is 1.51. The highest BCUT2D eigenvalue weighted by Gasteiger charge is 2.34. The standard InChI is InChI=1S/C6H13NO5/c1-6(11,12-5(7)10)4(2-8)3-9/h4,8-9,11H,2-3H2,1H3,(H2,7,10). The van der Waals surface area contributed by atoms with Crippen LogP contribution in [0.25, 0.3) is 0 Å². The fraction of sp³-hybridized carbons (Fsp3) is 0.833. The van der Waals surface area contributed by atoms with Crippen molar-refractivity contribution in [1.82, 2.24) is 0 Å². The van der Waals surface area contributed by atoms with Crippen molar-refractivity contribution in [2.24, 2.45) is 11.7 Å². The molecule has 1 atom stereocenters. The molecule has 1 unspecified atom stereocenters. The molecular weight excluding hydrogens is 166 g/mol. The van der Waals surface area contributed by atoms with Crippen LogP contribution in [0.4, 0.5) is 4.79 Å². The number of aliphatic hydroxyl groups is 3. The average molecular weight is 179 g/mol. The summed E-state index contributed by atoms with van der Waals surface area (Å²) in [4.78, 5) is 10.2. The zero-order valence-corrected chi connectivity index (χ0v) is 6.73. The van der Waals surface area contributed by atoms with E-state index in [2.05, 4.69) is 10.5 Å². The van der Waals surface area contributed by atoms with E-state index >= 15 is 0 Å². The van der Waals surface area contributed by atoms with Crippen LogP contribution in [0.1, 0.15) is 6.92 Å². The lowest BCUT2D eigenvalue weighted by atomic mass is 10.0. The van der Waals surface area contributed by atoms with Gasteiger partial charge in [0.2, 0.25) is 5.79 Å². The van der Waals surface area contributed by atoms with Gasteiger partial charge in [0.05, 0.1) is 19.1 Å². The zero-order valence-electron chi connectivity index (χ0n) is 6.73. The number of hydrogen-bond acceptors (Lipinski definition) is 5. The minimum absolute atomic E-state index is 0.503. The van der Waals surface area contributed by atoms with E-state index in [4.69, 9.17) is 10.2 Å². The maximum absolute atomic E-state index is 10.2. The molecule has 0 bridgehead atoms. The normalized spacial score (nSPS) is 15.8. The SMILES string of the molecule is CC(O)(OC(N)=O)C(CO)CO. The summed E-state index contributed by atoms with van der Waals surface area (Å²) in [6.07, 6.45) is -1.16. The first-order valence-electron chi connectivity index (χ1n) is 3.36. The van der Waals surface area contributed by atoms with Gasteiger partial charge in [-0.2, -0.15) is 0 Å². The van der Waals surface area contributed by atoms with Crippen LogP contribution in [0.5, 0.6) is 0 Å². The van der Waals surface area contributed by atoms with Gasteiger partial charge in [-0.3, -0.25) is 0 Å². The van der Waals surface area contributed by atoms with Gasteiger partial charge in [-0.25, -0.2) is 4.79 Å². The summed E-state index contributed by atoms with van der Waals surface area (Å²) in [5.74, 6) is -2.89. The van der Waals surface area contributed by atoms with Crippen LogP contribution < -0.4 is 5.73 Å². The largest absolute Gasteiger partial charge is 0.417 e. The molecule has 0 aliphatic carbocycles. The van der Waals surface area contributed by atoms with Gasteiger partial charge in [-0.15, -0.1) is 0 Å². The molecule has 0 aromatic heterocycles. The number of hydrogen-bond donors (Lipinski definition) is 4. The van der Waals surface area contributed by atoms with Crippen LogP contribution in [0.2, 0.25) is 0 Å². The monoisotopic (exact) mass is 179 g/mol. The Bertz CT molecular complexity index is 154. The van der Waals surface area contributed by atoms with Crippen LogP contribution >= 0.6 is 0 Å². The second-order valence-electron chi connectivity index (χ2n) is 2.54. The maximum atomic E-state index is 10.2. The first-order chi connectivity index (χ1) is 5.44. The second kappa shape index (κ2) is 4.24. The van der Waals surface area contributed by atoms with E-state index < -0.39 is 31.0 Å². The Morgan fingerprint density at radius 1 is 1.58 bits per heavy atom. The van der Waals surface area contributed by atoms with E-state index in [0.717, 1.165) is 6.92 Å². The molecule has 72 valence electrons. The Morgan fingerprint density at radius 2 is 2.00 bits per heavy atom. The van der Waals surface area contributed by atoms with E-state index in [1.165, 1.54) is 0 Å². The van der Waals surface area contributed by atoms with E-state index in [1.54, 1.807) is 0 Å². The van der Waals surface area contributed by atoms with Crippen molar-refractivity contribution < 1.29 is 24.9 Å².